The number of methoxy groups -OCH3 is 1. The first-order chi connectivity index (χ1) is 17.5. The molecular weight excluding hydrogens is 454 g/mol. The molecule has 0 radical (unpaired) electrons. The summed E-state index contributed by atoms with van der Waals surface area (Å²) in [5.41, 5.74) is 2.54. The highest BCUT2D eigenvalue weighted by atomic mass is 16.6. The first-order valence-corrected chi connectivity index (χ1v) is 12.7. The lowest BCUT2D eigenvalue weighted by Gasteiger charge is -2.35. The van der Waals surface area contributed by atoms with E-state index in [9.17, 15) is 10.1 Å². The Labute approximate surface area is 211 Å². The van der Waals surface area contributed by atoms with E-state index in [1.165, 1.54) is 0 Å². The van der Waals surface area contributed by atoms with Crippen molar-refractivity contribution in [3.05, 3.63) is 63.9 Å². The van der Waals surface area contributed by atoms with Crippen LogP contribution in [0.4, 0.5) is 0 Å². The maximum atomic E-state index is 12.9. The second-order valence-electron chi connectivity index (χ2n) is 9.98. The van der Waals surface area contributed by atoms with Crippen molar-refractivity contribution >= 4 is 10.9 Å². The van der Waals surface area contributed by atoms with Crippen molar-refractivity contribution in [2.45, 2.75) is 58.2 Å². The van der Waals surface area contributed by atoms with Gasteiger partial charge < -0.3 is 24.1 Å². The fourth-order valence-electron chi connectivity index (χ4n) is 5.46. The van der Waals surface area contributed by atoms with Crippen molar-refractivity contribution in [2.24, 2.45) is 5.41 Å². The van der Waals surface area contributed by atoms with E-state index in [1.54, 1.807) is 17.7 Å². The van der Waals surface area contributed by atoms with E-state index in [-0.39, 0.29) is 5.56 Å². The molecule has 7 heteroatoms. The zero-order chi connectivity index (χ0) is 25.1. The smallest absolute Gasteiger partial charge is 0.251 e. The second kappa shape index (κ2) is 10.2. The molecule has 3 aromatic rings. The van der Waals surface area contributed by atoms with E-state index >= 15 is 0 Å². The predicted molar refractivity (Wildman–Crippen MR) is 139 cm³/mol. The number of pyridine rings is 1. The number of nitriles is 1. The average molecular weight is 488 g/mol. The topological polar surface area (TPSA) is 85.5 Å². The molecule has 1 saturated carbocycles. The molecule has 0 bridgehead atoms. The molecule has 1 aliphatic heterocycles. The van der Waals surface area contributed by atoms with Crippen molar-refractivity contribution in [3.63, 3.8) is 0 Å². The molecule has 0 spiro atoms. The van der Waals surface area contributed by atoms with Gasteiger partial charge in [-0.15, -0.1) is 0 Å². The summed E-state index contributed by atoms with van der Waals surface area (Å²) in [5.74, 6) is 2.34. The maximum absolute atomic E-state index is 12.9. The van der Waals surface area contributed by atoms with Crippen LogP contribution >= 0.6 is 0 Å². The van der Waals surface area contributed by atoms with E-state index < -0.39 is 5.41 Å². The number of nitrogens with zero attached hydrogens (tertiary/aromatic N) is 2. The number of hydrogen-bond acceptors (Lipinski definition) is 6. The highest BCUT2D eigenvalue weighted by Crippen LogP contribution is 2.40. The zero-order valence-corrected chi connectivity index (χ0v) is 21.0. The van der Waals surface area contributed by atoms with Gasteiger partial charge in [0.25, 0.3) is 5.56 Å². The quantitative estimate of drug-likeness (QED) is 0.519. The van der Waals surface area contributed by atoms with Crippen LogP contribution < -0.4 is 25.1 Å². The summed E-state index contributed by atoms with van der Waals surface area (Å²) in [4.78, 5) is 12.9. The SMILES string of the molecule is COc1ccc2c(C)cc(=O)n(CCC3(C#N)CCC(NCc4ccc5c(c4)OCCO5)CC3)c2c1. The highest BCUT2D eigenvalue weighted by Gasteiger charge is 2.35. The second-order valence-corrected chi connectivity index (χ2v) is 9.98. The fourth-order valence-corrected chi connectivity index (χ4v) is 5.46. The van der Waals surface area contributed by atoms with Crippen LogP contribution in [0.5, 0.6) is 17.2 Å². The Morgan fingerprint density at radius 2 is 1.89 bits per heavy atom. The Balaban J connectivity index is 1.22. The van der Waals surface area contributed by atoms with Crippen LogP contribution in [-0.2, 0) is 13.1 Å². The van der Waals surface area contributed by atoms with Gasteiger partial charge in [0, 0.05) is 36.7 Å². The number of benzene rings is 2. The summed E-state index contributed by atoms with van der Waals surface area (Å²) in [6.45, 7) is 4.41. The van der Waals surface area contributed by atoms with Gasteiger partial charge in [-0.3, -0.25) is 4.79 Å². The molecule has 1 N–H and O–H groups in total. The maximum Gasteiger partial charge on any atom is 0.251 e. The molecule has 188 valence electrons. The average Bonchev–Trinajstić information content (AvgIpc) is 2.92. The monoisotopic (exact) mass is 487 g/mol. The van der Waals surface area contributed by atoms with Crippen molar-refractivity contribution in [2.75, 3.05) is 20.3 Å². The third-order valence-corrected chi connectivity index (χ3v) is 7.72. The van der Waals surface area contributed by atoms with Gasteiger partial charge in [-0.05, 0) is 74.4 Å². The number of fused-ring (bicyclic) bond motifs is 2. The molecule has 0 saturated heterocycles. The molecule has 36 heavy (non-hydrogen) atoms. The molecule has 7 nitrogen and oxygen atoms in total. The van der Waals surface area contributed by atoms with E-state index in [1.807, 2.05) is 37.3 Å². The lowest BCUT2D eigenvalue weighted by atomic mass is 9.71. The number of nitrogens with one attached hydrogen (secondary N) is 1. The van der Waals surface area contributed by atoms with Crippen LogP contribution in [0.25, 0.3) is 10.9 Å². The molecule has 0 amide bonds. The van der Waals surface area contributed by atoms with E-state index in [0.29, 0.717) is 32.2 Å². The van der Waals surface area contributed by atoms with Crippen molar-refractivity contribution in [1.29, 1.82) is 5.26 Å². The summed E-state index contributed by atoms with van der Waals surface area (Å²) < 4.78 is 18.5. The Kier molecular flexibility index (Phi) is 6.88. The summed E-state index contributed by atoms with van der Waals surface area (Å²) in [6.07, 6.45) is 4.19. The standard InChI is InChI=1S/C29H33N3O4/c1-20-15-28(33)32(25-17-23(34-2)4-5-24(20)25)12-11-29(19-30)9-7-22(8-10-29)31-18-21-3-6-26-27(16-21)36-14-13-35-26/h3-6,15-17,22,31H,7-14,18H2,1-2H3. The Hall–Kier alpha value is -3.50. The third-order valence-electron chi connectivity index (χ3n) is 7.72. The molecule has 1 fully saturated rings. The third kappa shape index (κ3) is 4.91. The molecule has 1 aromatic heterocycles. The van der Waals surface area contributed by atoms with Gasteiger partial charge in [-0.1, -0.05) is 6.07 Å². The van der Waals surface area contributed by atoms with Gasteiger partial charge in [0.15, 0.2) is 11.5 Å². The molecule has 0 unspecified atom stereocenters. The van der Waals surface area contributed by atoms with Crippen LogP contribution in [0.2, 0.25) is 0 Å². The van der Waals surface area contributed by atoms with Crippen LogP contribution in [0, 0.1) is 23.7 Å². The number of ether oxygens (including phenoxy) is 3. The van der Waals surface area contributed by atoms with Crippen LogP contribution in [0.15, 0.2) is 47.3 Å². The van der Waals surface area contributed by atoms with E-state index in [2.05, 4.69) is 17.5 Å². The molecule has 5 rings (SSSR count). The van der Waals surface area contributed by atoms with Crippen LogP contribution in [0.1, 0.15) is 43.2 Å². The summed E-state index contributed by atoms with van der Waals surface area (Å²) >= 11 is 0. The predicted octanol–water partition coefficient (Wildman–Crippen LogP) is 4.72. The summed E-state index contributed by atoms with van der Waals surface area (Å²) in [6, 6.07) is 16.6. The van der Waals surface area contributed by atoms with Gasteiger partial charge in [0.2, 0.25) is 0 Å². The van der Waals surface area contributed by atoms with Crippen molar-refractivity contribution < 1.29 is 14.2 Å². The molecule has 2 aliphatic rings. The van der Waals surface area contributed by atoms with Gasteiger partial charge >= 0.3 is 0 Å². The minimum Gasteiger partial charge on any atom is -0.497 e. The van der Waals surface area contributed by atoms with Gasteiger partial charge in [0.05, 0.1) is 24.1 Å². The normalized spacial score (nSPS) is 21.2. The van der Waals surface area contributed by atoms with Crippen molar-refractivity contribution in [1.82, 2.24) is 9.88 Å². The Morgan fingerprint density at radius 1 is 1.11 bits per heavy atom. The Bertz CT molecular complexity index is 1350. The zero-order valence-electron chi connectivity index (χ0n) is 21.0. The van der Waals surface area contributed by atoms with Crippen LogP contribution in [0.3, 0.4) is 0 Å². The largest absolute Gasteiger partial charge is 0.497 e. The van der Waals surface area contributed by atoms with Gasteiger partial charge in [0.1, 0.15) is 19.0 Å². The summed E-state index contributed by atoms with van der Waals surface area (Å²) in [5, 5.41) is 14.8. The molecule has 0 atom stereocenters. The van der Waals surface area contributed by atoms with Crippen LogP contribution in [-0.4, -0.2) is 30.9 Å². The van der Waals surface area contributed by atoms with E-state index in [4.69, 9.17) is 14.2 Å². The minimum absolute atomic E-state index is 0.0314. The minimum atomic E-state index is -0.412. The number of hydrogen-bond donors (Lipinski definition) is 1. The first-order valence-electron chi connectivity index (χ1n) is 12.7. The van der Waals surface area contributed by atoms with Crippen molar-refractivity contribution in [3.8, 4) is 23.3 Å². The Morgan fingerprint density at radius 3 is 2.64 bits per heavy atom. The molecule has 2 aromatic carbocycles. The van der Waals surface area contributed by atoms with E-state index in [0.717, 1.165) is 71.5 Å². The van der Waals surface area contributed by atoms with Gasteiger partial charge in [-0.25, -0.2) is 0 Å². The summed E-state index contributed by atoms with van der Waals surface area (Å²) in [7, 11) is 1.63. The number of aromatic nitrogens is 1. The number of aryl methyl sites for hydroxylation is 2. The lowest BCUT2D eigenvalue weighted by Crippen LogP contribution is -2.37. The highest BCUT2D eigenvalue weighted by molar-refractivity contribution is 5.83. The fraction of sp³-hybridized carbons (Fsp3) is 0.448. The molecule has 1 aliphatic carbocycles. The number of rotatable bonds is 7. The molecular formula is C29H33N3O4. The van der Waals surface area contributed by atoms with Gasteiger partial charge in [-0.2, -0.15) is 5.26 Å². The first kappa shape index (κ1) is 24.2. The molecule has 2 heterocycles. The lowest BCUT2D eigenvalue weighted by molar-refractivity contribution is 0.171.